The van der Waals surface area contributed by atoms with E-state index in [1.807, 2.05) is 26.0 Å². The molecule has 146 valence electrons. The van der Waals surface area contributed by atoms with Crippen molar-refractivity contribution < 1.29 is 14.3 Å². The second-order valence-electron chi connectivity index (χ2n) is 7.44. The highest BCUT2D eigenvalue weighted by Gasteiger charge is 2.28. The fraction of sp³-hybridized carbons (Fsp3) is 0.524. The number of nitrogens with zero attached hydrogens (tertiary/aromatic N) is 3. The number of para-hydroxylation sites is 2. The van der Waals surface area contributed by atoms with Crippen LogP contribution in [0.4, 0.5) is 5.69 Å². The number of carbonyl (C=O) groups excluding carboxylic acids is 2. The van der Waals surface area contributed by atoms with E-state index < -0.39 is 0 Å². The molecule has 2 aliphatic rings. The lowest BCUT2D eigenvalue weighted by Crippen LogP contribution is -2.47. The Bertz CT molecular complexity index is 721. The zero-order valence-corrected chi connectivity index (χ0v) is 16.5. The Morgan fingerprint density at radius 3 is 2.37 bits per heavy atom. The van der Waals surface area contributed by atoms with Gasteiger partial charge >= 0.3 is 0 Å². The van der Waals surface area contributed by atoms with Crippen LogP contribution in [0.15, 0.2) is 35.9 Å². The van der Waals surface area contributed by atoms with Crippen LogP contribution >= 0.6 is 0 Å². The minimum Gasteiger partial charge on any atom is -0.489 e. The van der Waals surface area contributed by atoms with E-state index in [0.717, 1.165) is 50.6 Å². The molecule has 2 aliphatic heterocycles. The van der Waals surface area contributed by atoms with Gasteiger partial charge in [-0.15, -0.1) is 0 Å². The Hall–Kier alpha value is -2.34. The first-order chi connectivity index (χ1) is 13.0. The maximum absolute atomic E-state index is 11.9. The Labute approximate surface area is 161 Å². The quantitative estimate of drug-likeness (QED) is 0.689. The summed E-state index contributed by atoms with van der Waals surface area (Å²) in [5.74, 6) is 0.616. The van der Waals surface area contributed by atoms with Gasteiger partial charge in [-0.25, -0.2) is 0 Å². The van der Waals surface area contributed by atoms with Crippen molar-refractivity contribution in [1.29, 1.82) is 0 Å². The van der Waals surface area contributed by atoms with Gasteiger partial charge in [0.15, 0.2) is 0 Å². The Balaban J connectivity index is 1.46. The van der Waals surface area contributed by atoms with Crippen LogP contribution in [0.25, 0.3) is 0 Å². The largest absolute Gasteiger partial charge is 0.489 e. The van der Waals surface area contributed by atoms with E-state index in [1.54, 1.807) is 6.92 Å². The molecule has 1 fully saturated rings. The van der Waals surface area contributed by atoms with Crippen molar-refractivity contribution in [3.63, 3.8) is 0 Å². The number of benzene rings is 1. The lowest BCUT2D eigenvalue weighted by Gasteiger charge is -2.37. The van der Waals surface area contributed by atoms with Crippen LogP contribution in [-0.4, -0.2) is 67.0 Å². The predicted octanol–water partition coefficient (Wildman–Crippen LogP) is 2.30. The monoisotopic (exact) mass is 371 g/mol. The van der Waals surface area contributed by atoms with Gasteiger partial charge in [-0.05, 0) is 45.9 Å². The van der Waals surface area contributed by atoms with Crippen LogP contribution in [-0.2, 0) is 9.59 Å². The number of anilines is 1. The van der Waals surface area contributed by atoms with Crippen molar-refractivity contribution in [2.24, 2.45) is 0 Å². The summed E-state index contributed by atoms with van der Waals surface area (Å²) in [6, 6.07) is 8.21. The molecule has 0 bridgehead atoms. The summed E-state index contributed by atoms with van der Waals surface area (Å²) in [6.07, 6.45) is 2.39. The molecule has 3 rings (SSSR count). The molecule has 1 aromatic rings. The van der Waals surface area contributed by atoms with Crippen molar-refractivity contribution in [1.82, 2.24) is 9.80 Å². The molecule has 2 heterocycles. The van der Waals surface area contributed by atoms with Crippen LogP contribution in [0.3, 0.4) is 0 Å². The molecule has 0 unspecified atom stereocenters. The minimum atomic E-state index is -0.177. The van der Waals surface area contributed by atoms with Crippen LogP contribution in [0.5, 0.6) is 5.75 Å². The maximum atomic E-state index is 11.9. The van der Waals surface area contributed by atoms with Gasteiger partial charge in [-0.2, -0.15) is 0 Å². The first-order valence-corrected chi connectivity index (χ1v) is 9.73. The number of imide groups is 1. The summed E-state index contributed by atoms with van der Waals surface area (Å²) in [5, 5.41) is 0. The fourth-order valence-corrected chi connectivity index (χ4v) is 3.59. The van der Waals surface area contributed by atoms with E-state index in [4.69, 9.17) is 4.74 Å². The maximum Gasteiger partial charge on any atom is 0.256 e. The van der Waals surface area contributed by atoms with Gasteiger partial charge < -0.3 is 9.64 Å². The average molecular weight is 371 g/mol. The first-order valence-electron chi connectivity index (χ1n) is 9.73. The number of piperazine rings is 1. The van der Waals surface area contributed by atoms with Crippen LogP contribution in [0.2, 0.25) is 0 Å². The lowest BCUT2D eigenvalue weighted by molar-refractivity contribution is -0.137. The molecular formula is C21H29N3O3. The highest BCUT2D eigenvalue weighted by Crippen LogP contribution is 2.29. The molecule has 27 heavy (non-hydrogen) atoms. The van der Waals surface area contributed by atoms with E-state index >= 15 is 0 Å². The van der Waals surface area contributed by atoms with Crippen LogP contribution in [0.1, 0.15) is 27.2 Å². The van der Waals surface area contributed by atoms with Gasteiger partial charge in [0.2, 0.25) is 0 Å². The molecule has 0 aliphatic carbocycles. The third kappa shape index (κ3) is 4.69. The van der Waals surface area contributed by atoms with E-state index in [9.17, 15) is 9.59 Å². The molecule has 0 aromatic heterocycles. The second kappa shape index (κ2) is 8.57. The Morgan fingerprint density at radius 1 is 1.04 bits per heavy atom. The fourth-order valence-electron chi connectivity index (χ4n) is 3.59. The first kappa shape index (κ1) is 19.4. The second-order valence-corrected chi connectivity index (χ2v) is 7.44. The van der Waals surface area contributed by atoms with Gasteiger partial charge in [0.05, 0.1) is 11.8 Å². The van der Waals surface area contributed by atoms with Gasteiger partial charge in [0.1, 0.15) is 5.75 Å². The zero-order valence-electron chi connectivity index (χ0n) is 16.5. The van der Waals surface area contributed by atoms with Crippen LogP contribution in [0, 0.1) is 0 Å². The molecule has 0 atom stereocenters. The molecule has 0 radical (unpaired) electrons. The van der Waals surface area contributed by atoms with Gasteiger partial charge in [-0.1, -0.05) is 12.1 Å². The third-order valence-corrected chi connectivity index (χ3v) is 4.99. The summed E-state index contributed by atoms with van der Waals surface area (Å²) < 4.78 is 5.95. The molecule has 2 amide bonds. The lowest BCUT2D eigenvalue weighted by atomic mass is 10.2. The highest BCUT2D eigenvalue weighted by atomic mass is 16.5. The molecule has 0 spiro atoms. The highest BCUT2D eigenvalue weighted by molar-refractivity contribution is 6.15. The summed E-state index contributed by atoms with van der Waals surface area (Å²) >= 11 is 0. The number of amides is 2. The Kier molecular flexibility index (Phi) is 6.16. The Morgan fingerprint density at radius 2 is 1.74 bits per heavy atom. The summed E-state index contributed by atoms with van der Waals surface area (Å²) in [7, 11) is 0. The molecule has 0 N–H and O–H groups in total. The predicted molar refractivity (Wildman–Crippen MR) is 106 cm³/mol. The number of ether oxygens (including phenoxy) is 1. The molecule has 6 heteroatoms. The number of hydrogen-bond donors (Lipinski definition) is 0. The van der Waals surface area contributed by atoms with E-state index in [2.05, 4.69) is 21.9 Å². The van der Waals surface area contributed by atoms with Gasteiger partial charge in [0, 0.05) is 44.4 Å². The van der Waals surface area contributed by atoms with E-state index in [-0.39, 0.29) is 17.9 Å². The topological polar surface area (TPSA) is 53.1 Å². The number of rotatable bonds is 7. The van der Waals surface area contributed by atoms with E-state index in [0.29, 0.717) is 12.1 Å². The molecule has 0 saturated carbocycles. The molecular weight excluding hydrogens is 342 g/mol. The standard InChI is InChI=1S/C21H29N3O3/c1-16(2)27-19-8-5-4-7-18(19)23-13-11-22(12-14-23)9-6-10-24-20(25)15-17(3)21(24)26/h4-5,7-8,15-16H,6,9-14H2,1-3H3. The number of carbonyl (C=O) groups is 2. The summed E-state index contributed by atoms with van der Waals surface area (Å²) in [6.45, 7) is 11.0. The van der Waals surface area contributed by atoms with Crippen LogP contribution < -0.4 is 9.64 Å². The van der Waals surface area contributed by atoms with Crippen molar-refractivity contribution in [3.05, 3.63) is 35.9 Å². The smallest absolute Gasteiger partial charge is 0.256 e. The van der Waals surface area contributed by atoms with E-state index in [1.165, 1.54) is 11.0 Å². The van der Waals surface area contributed by atoms with Gasteiger partial charge in [-0.3, -0.25) is 19.4 Å². The molecule has 1 saturated heterocycles. The molecule has 1 aromatic carbocycles. The zero-order chi connectivity index (χ0) is 19.4. The van der Waals surface area contributed by atoms with Crippen molar-refractivity contribution in [3.8, 4) is 5.75 Å². The average Bonchev–Trinajstić information content (AvgIpc) is 2.88. The normalized spacial score (nSPS) is 18.4. The van der Waals surface area contributed by atoms with Crippen molar-refractivity contribution >= 4 is 17.5 Å². The van der Waals surface area contributed by atoms with Gasteiger partial charge in [0.25, 0.3) is 11.8 Å². The SMILES string of the molecule is CC1=CC(=O)N(CCCN2CCN(c3ccccc3OC(C)C)CC2)C1=O. The molecule has 6 nitrogen and oxygen atoms in total. The third-order valence-electron chi connectivity index (χ3n) is 4.99. The minimum absolute atomic E-state index is 0.147. The number of hydrogen-bond acceptors (Lipinski definition) is 5. The summed E-state index contributed by atoms with van der Waals surface area (Å²) in [5.41, 5.74) is 1.69. The van der Waals surface area contributed by atoms with Crippen molar-refractivity contribution in [2.45, 2.75) is 33.3 Å². The summed E-state index contributed by atoms with van der Waals surface area (Å²) in [4.78, 5) is 29.8. The van der Waals surface area contributed by atoms with Crippen molar-refractivity contribution in [2.75, 3.05) is 44.2 Å².